The summed E-state index contributed by atoms with van der Waals surface area (Å²) in [5.41, 5.74) is 2.28. The van der Waals surface area contributed by atoms with E-state index in [0.29, 0.717) is 25.3 Å². The minimum absolute atomic E-state index is 0.0123. The summed E-state index contributed by atoms with van der Waals surface area (Å²) in [7, 11) is 0. The highest BCUT2D eigenvalue weighted by molar-refractivity contribution is 5.71. The second-order valence-electron chi connectivity index (χ2n) is 10.6. The van der Waals surface area contributed by atoms with Crippen LogP contribution in [0.2, 0.25) is 0 Å². The van der Waals surface area contributed by atoms with Crippen molar-refractivity contribution in [1.82, 2.24) is 14.9 Å². The molecule has 3 aromatic rings. The molecule has 1 aliphatic carbocycles. The zero-order valence-corrected chi connectivity index (χ0v) is 20.6. The van der Waals surface area contributed by atoms with Crippen molar-refractivity contribution in [1.29, 1.82) is 0 Å². The van der Waals surface area contributed by atoms with Crippen LogP contribution in [0.15, 0.2) is 67.0 Å². The number of ether oxygens (including phenoxy) is 1. The average Bonchev–Trinajstić information content (AvgIpc) is 3.67. The maximum Gasteiger partial charge on any atom is 0.411 e. The number of carbonyl (C=O) groups excluding carboxylic acids is 1. The van der Waals surface area contributed by atoms with Crippen LogP contribution in [0.3, 0.4) is 0 Å². The van der Waals surface area contributed by atoms with Crippen molar-refractivity contribution in [3.05, 3.63) is 83.9 Å². The molecule has 0 radical (unpaired) electrons. The molecule has 1 saturated heterocycles. The lowest BCUT2D eigenvalue weighted by Gasteiger charge is -2.46. The Kier molecular flexibility index (Phi) is 6.09. The Hall–Kier alpha value is -3.25. The molecule has 2 aromatic carbocycles. The van der Waals surface area contributed by atoms with Crippen LogP contribution in [0.1, 0.15) is 62.5 Å². The summed E-state index contributed by atoms with van der Waals surface area (Å²) in [5, 5.41) is 10.7. The van der Waals surface area contributed by atoms with Crippen LogP contribution in [0.4, 0.5) is 4.79 Å². The van der Waals surface area contributed by atoms with E-state index in [9.17, 15) is 9.90 Å². The van der Waals surface area contributed by atoms with Crippen molar-refractivity contribution in [2.45, 2.75) is 63.7 Å². The predicted octanol–water partition coefficient (Wildman–Crippen LogP) is 5.80. The van der Waals surface area contributed by atoms with E-state index in [-0.39, 0.29) is 12.1 Å². The van der Waals surface area contributed by atoms with E-state index in [1.54, 1.807) is 13.8 Å². The predicted molar refractivity (Wildman–Crippen MR) is 135 cm³/mol. The molecule has 2 atom stereocenters. The van der Waals surface area contributed by atoms with Crippen LogP contribution in [0.25, 0.3) is 11.1 Å². The van der Waals surface area contributed by atoms with Crippen LogP contribution < -0.4 is 0 Å². The number of aliphatic hydroxyl groups is 1. The first-order valence-electron chi connectivity index (χ1n) is 12.4. The Balaban J connectivity index is 1.40. The summed E-state index contributed by atoms with van der Waals surface area (Å²) in [6.45, 7) is 5.99. The van der Waals surface area contributed by atoms with Crippen molar-refractivity contribution in [2.24, 2.45) is 5.92 Å². The fourth-order valence-corrected chi connectivity index (χ4v) is 5.33. The number of aryl methyl sites for hydroxylation is 1. The molecule has 2 fully saturated rings. The zero-order chi connectivity index (χ0) is 24.6. The first-order valence-corrected chi connectivity index (χ1v) is 12.4. The molecule has 0 bridgehead atoms. The van der Waals surface area contributed by atoms with Gasteiger partial charge in [0.05, 0.1) is 11.6 Å². The summed E-state index contributed by atoms with van der Waals surface area (Å²) in [6.07, 6.45) is 6.56. The third kappa shape index (κ3) is 5.08. The zero-order valence-electron chi connectivity index (χ0n) is 20.6. The van der Waals surface area contributed by atoms with Gasteiger partial charge in [-0.05, 0) is 56.2 Å². The molecule has 6 nitrogen and oxygen atoms in total. The van der Waals surface area contributed by atoms with E-state index >= 15 is 0 Å². The second kappa shape index (κ2) is 9.08. The average molecular weight is 472 g/mol. The first-order chi connectivity index (χ1) is 16.7. The smallest absolute Gasteiger partial charge is 0.411 e. The van der Waals surface area contributed by atoms with E-state index < -0.39 is 11.2 Å². The highest BCUT2D eigenvalue weighted by Crippen LogP contribution is 2.48. The molecular weight excluding hydrogens is 438 g/mol. The molecule has 1 aromatic heterocycles. The van der Waals surface area contributed by atoms with Gasteiger partial charge in [-0.1, -0.05) is 54.6 Å². The number of hydrogen-bond donors (Lipinski definition) is 1. The Bertz CT molecular complexity index is 1170. The summed E-state index contributed by atoms with van der Waals surface area (Å²) >= 11 is 0. The molecule has 2 heterocycles. The highest BCUT2D eigenvalue weighted by atomic mass is 16.6. The molecule has 35 heavy (non-hydrogen) atoms. The van der Waals surface area contributed by atoms with Gasteiger partial charge in [-0.15, -0.1) is 0 Å². The molecule has 6 heteroatoms. The van der Waals surface area contributed by atoms with E-state index in [1.165, 1.54) is 0 Å². The molecule has 0 unspecified atom stereocenters. The quantitative estimate of drug-likeness (QED) is 0.471. The van der Waals surface area contributed by atoms with Gasteiger partial charge in [0.2, 0.25) is 0 Å². The molecule has 5 rings (SSSR count). The van der Waals surface area contributed by atoms with Gasteiger partial charge < -0.3 is 14.7 Å². The van der Waals surface area contributed by atoms with Crippen LogP contribution in [0, 0.1) is 12.8 Å². The van der Waals surface area contributed by atoms with Crippen molar-refractivity contribution in [3.63, 3.8) is 0 Å². The fraction of sp³-hybridized carbons (Fsp3) is 0.414. The number of amides is 1. The normalized spacial score (nSPS) is 21.5. The van der Waals surface area contributed by atoms with Crippen LogP contribution in [-0.4, -0.2) is 38.2 Å². The topological polar surface area (TPSA) is 75.6 Å². The first kappa shape index (κ1) is 23.5. The van der Waals surface area contributed by atoms with Gasteiger partial charge in [-0.2, -0.15) is 0 Å². The Labute approximate surface area is 207 Å². The van der Waals surface area contributed by atoms with Gasteiger partial charge in [-0.25, -0.2) is 14.8 Å². The SMILES string of the molecule is Cc1ncc(-c2ccc([C@H](C3CC3)N3CC[C@](CC(C)(C)O)(c4ccccc4)OC3=O)cc2)cn1. The molecule has 1 N–H and O–H groups in total. The summed E-state index contributed by atoms with van der Waals surface area (Å²) in [6, 6.07) is 18.2. The van der Waals surface area contributed by atoms with Crippen LogP contribution in [0.5, 0.6) is 0 Å². The number of cyclic esters (lactones) is 1. The van der Waals surface area contributed by atoms with Gasteiger partial charge in [0.25, 0.3) is 0 Å². The molecule has 1 aliphatic heterocycles. The Morgan fingerprint density at radius 3 is 2.29 bits per heavy atom. The van der Waals surface area contributed by atoms with E-state index in [1.807, 2.05) is 54.5 Å². The number of hydrogen-bond acceptors (Lipinski definition) is 5. The van der Waals surface area contributed by atoms with Crippen molar-refractivity contribution < 1.29 is 14.6 Å². The highest BCUT2D eigenvalue weighted by Gasteiger charge is 2.49. The number of rotatable bonds is 7. The monoisotopic (exact) mass is 471 g/mol. The lowest BCUT2D eigenvalue weighted by Crippen LogP contribution is -2.51. The molecular formula is C29H33N3O3. The van der Waals surface area contributed by atoms with Gasteiger partial charge in [-0.3, -0.25) is 0 Å². The molecule has 1 amide bonds. The van der Waals surface area contributed by atoms with Crippen molar-refractivity contribution in [3.8, 4) is 11.1 Å². The van der Waals surface area contributed by atoms with Crippen molar-refractivity contribution >= 4 is 6.09 Å². The molecule has 182 valence electrons. The third-order valence-corrected chi connectivity index (χ3v) is 7.06. The van der Waals surface area contributed by atoms with Crippen LogP contribution in [-0.2, 0) is 10.3 Å². The van der Waals surface area contributed by atoms with Crippen molar-refractivity contribution in [2.75, 3.05) is 6.54 Å². The second-order valence-corrected chi connectivity index (χ2v) is 10.6. The van der Waals surface area contributed by atoms with Gasteiger partial charge in [0.15, 0.2) is 0 Å². The van der Waals surface area contributed by atoms with Crippen LogP contribution >= 0.6 is 0 Å². The number of carbonyl (C=O) groups is 1. The standard InChI is InChI=1S/C29H33N3O3/c1-20-30-17-24(18-31-20)21-9-11-22(12-10-21)26(23-13-14-23)32-16-15-29(35-27(32)33,19-28(2,3)34)25-7-5-4-6-8-25/h4-12,17-18,23,26,34H,13-16,19H2,1-3H3/t26-,29+/m1/s1. The summed E-state index contributed by atoms with van der Waals surface area (Å²) < 4.78 is 6.24. The number of benzene rings is 2. The Morgan fingerprint density at radius 1 is 1.06 bits per heavy atom. The number of nitrogens with zero attached hydrogens (tertiary/aromatic N) is 3. The lowest BCUT2D eigenvalue weighted by atomic mass is 9.80. The summed E-state index contributed by atoms with van der Waals surface area (Å²) in [4.78, 5) is 24.0. The lowest BCUT2D eigenvalue weighted by molar-refractivity contribution is -0.103. The fourth-order valence-electron chi connectivity index (χ4n) is 5.33. The largest absolute Gasteiger partial charge is 0.438 e. The maximum absolute atomic E-state index is 13.5. The third-order valence-electron chi connectivity index (χ3n) is 7.06. The maximum atomic E-state index is 13.5. The van der Waals surface area contributed by atoms with Gasteiger partial charge in [0, 0.05) is 37.3 Å². The number of aromatic nitrogens is 2. The van der Waals surface area contributed by atoms with Gasteiger partial charge >= 0.3 is 6.09 Å². The van der Waals surface area contributed by atoms with E-state index in [0.717, 1.165) is 40.9 Å². The molecule has 0 spiro atoms. The molecule has 1 saturated carbocycles. The van der Waals surface area contributed by atoms with E-state index in [2.05, 4.69) is 34.2 Å². The Morgan fingerprint density at radius 2 is 1.71 bits per heavy atom. The van der Waals surface area contributed by atoms with Gasteiger partial charge in [0.1, 0.15) is 11.4 Å². The minimum atomic E-state index is -0.969. The molecule has 2 aliphatic rings. The minimum Gasteiger partial charge on any atom is -0.438 e. The summed E-state index contributed by atoms with van der Waals surface area (Å²) in [5.74, 6) is 1.19. The van der Waals surface area contributed by atoms with E-state index in [4.69, 9.17) is 4.74 Å².